The van der Waals surface area contributed by atoms with Crippen LogP contribution in [0.2, 0.25) is 0 Å². The first kappa shape index (κ1) is 14.0. The Bertz CT molecular complexity index is 560. The number of rotatable bonds is 1. The Morgan fingerprint density at radius 2 is 1.37 bits per heavy atom. The molecular weight excluding hydrogens is 232 g/mol. The molecule has 1 aromatic heterocycles. The monoisotopic (exact) mass is 256 g/mol. The van der Waals surface area contributed by atoms with Crippen molar-refractivity contribution in [3.05, 3.63) is 36.2 Å². The van der Waals surface area contributed by atoms with Crippen LogP contribution in [0.4, 0.5) is 0 Å². The molecule has 102 valence electrons. The molecule has 0 N–H and O–H groups in total. The molecule has 0 saturated heterocycles. The number of aromatic nitrogens is 2. The third kappa shape index (κ3) is 2.94. The minimum absolute atomic E-state index is 0.162. The number of benzene rings is 1. The highest BCUT2D eigenvalue weighted by Crippen LogP contribution is 2.46. The minimum Gasteiger partial charge on any atom is -0.253 e. The lowest BCUT2D eigenvalue weighted by Crippen LogP contribution is -2.31. The molecule has 19 heavy (non-hydrogen) atoms. The van der Waals surface area contributed by atoms with E-state index in [0.717, 1.165) is 16.7 Å². The van der Waals surface area contributed by atoms with Crippen LogP contribution in [0.5, 0.6) is 0 Å². The van der Waals surface area contributed by atoms with Gasteiger partial charge in [0, 0.05) is 12.1 Å². The average molecular weight is 256 g/mol. The van der Waals surface area contributed by atoms with E-state index in [1.807, 2.05) is 30.5 Å². The van der Waals surface area contributed by atoms with Gasteiger partial charge in [-0.05, 0) is 23.0 Å². The second-order valence-electron chi connectivity index (χ2n) is 7.45. The van der Waals surface area contributed by atoms with Crippen LogP contribution >= 0.6 is 0 Å². The van der Waals surface area contributed by atoms with Gasteiger partial charge in [-0.25, -0.2) is 4.98 Å². The molecule has 1 heterocycles. The number of para-hydroxylation sites is 2. The van der Waals surface area contributed by atoms with E-state index >= 15 is 0 Å². The van der Waals surface area contributed by atoms with Crippen molar-refractivity contribution in [1.29, 1.82) is 0 Å². The molecule has 0 amide bonds. The summed E-state index contributed by atoms with van der Waals surface area (Å²) >= 11 is 0. The molecule has 0 spiro atoms. The zero-order valence-corrected chi connectivity index (χ0v) is 12.9. The van der Waals surface area contributed by atoms with Crippen LogP contribution in [0, 0.1) is 10.8 Å². The maximum absolute atomic E-state index is 4.85. The Morgan fingerprint density at radius 1 is 0.842 bits per heavy atom. The summed E-state index contributed by atoms with van der Waals surface area (Å²) in [6.45, 7) is 13.7. The van der Waals surface area contributed by atoms with Gasteiger partial charge in [0.15, 0.2) is 0 Å². The van der Waals surface area contributed by atoms with Crippen LogP contribution in [0.1, 0.15) is 53.2 Å². The van der Waals surface area contributed by atoms with Crippen LogP contribution in [0.3, 0.4) is 0 Å². The molecule has 2 aromatic rings. The van der Waals surface area contributed by atoms with Gasteiger partial charge in [-0.2, -0.15) is 0 Å². The van der Waals surface area contributed by atoms with Crippen molar-refractivity contribution < 1.29 is 0 Å². The van der Waals surface area contributed by atoms with E-state index in [9.17, 15) is 0 Å². The second-order valence-corrected chi connectivity index (χ2v) is 7.45. The molecule has 2 nitrogen and oxygen atoms in total. The fraction of sp³-hybridized carbons (Fsp3) is 0.529. The number of fused-ring (bicyclic) bond motifs is 1. The fourth-order valence-electron chi connectivity index (χ4n) is 3.30. The molecule has 0 aliphatic rings. The molecular formula is C17H24N2. The zero-order chi connectivity index (χ0) is 14.3. The molecule has 0 radical (unpaired) electrons. The Labute approximate surface area is 116 Å². The molecule has 0 atom stereocenters. The first-order valence-corrected chi connectivity index (χ1v) is 6.91. The van der Waals surface area contributed by atoms with Crippen molar-refractivity contribution in [3.8, 4) is 0 Å². The maximum Gasteiger partial charge on any atom is 0.0890 e. The second kappa shape index (κ2) is 4.59. The molecule has 1 aromatic carbocycles. The van der Waals surface area contributed by atoms with Crippen molar-refractivity contribution in [2.24, 2.45) is 10.8 Å². The standard InChI is InChI=1S/C17H24N2/c1-16(2,3)15(17(4,5)6)14-11-18-12-9-7-8-10-13(12)19-14/h7-11,15H,1-6H3. The normalized spacial score (nSPS) is 13.2. The van der Waals surface area contributed by atoms with E-state index in [-0.39, 0.29) is 10.8 Å². The van der Waals surface area contributed by atoms with Crippen molar-refractivity contribution in [2.75, 3.05) is 0 Å². The summed E-state index contributed by atoms with van der Waals surface area (Å²) < 4.78 is 0. The largest absolute Gasteiger partial charge is 0.253 e. The van der Waals surface area contributed by atoms with Crippen LogP contribution < -0.4 is 0 Å². The van der Waals surface area contributed by atoms with Gasteiger partial charge < -0.3 is 0 Å². The lowest BCUT2D eigenvalue weighted by molar-refractivity contribution is 0.172. The Hall–Kier alpha value is -1.44. The van der Waals surface area contributed by atoms with Crippen molar-refractivity contribution in [1.82, 2.24) is 9.97 Å². The van der Waals surface area contributed by atoms with Crippen molar-refractivity contribution >= 4 is 11.0 Å². The van der Waals surface area contributed by atoms with Crippen LogP contribution in [0.15, 0.2) is 30.5 Å². The molecule has 0 unspecified atom stereocenters. The van der Waals surface area contributed by atoms with Gasteiger partial charge in [0.1, 0.15) is 0 Å². The van der Waals surface area contributed by atoms with E-state index < -0.39 is 0 Å². The number of hydrogen-bond acceptors (Lipinski definition) is 2. The average Bonchev–Trinajstić information content (AvgIpc) is 2.25. The Balaban J connectivity index is 2.57. The molecule has 2 heteroatoms. The summed E-state index contributed by atoms with van der Waals surface area (Å²) in [4.78, 5) is 9.41. The van der Waals surface area contributed by atoms with Crippen molar-refractivity contribution in [2.45, 2.75) is 47.5 Å². The topological polar surface area (TPSA) is 25.8 Å². The molecule has 0 aliphatic heterocycles. The third-order valence-corrected chi connectivity index (χ3v) is 3.50. The highest BCUT2D eigenvalue weighted by molar-refractivity contribution is 5.73. The highest BCUT2D eigenvalue weighted by atomic mass is 14.8. The van der Waals surface area contributed by atoms with Gasteiger partial charge in [0.25, 0.3) is 0 Å². The number of nitrogens with zero attached hydrogens (tertiary/aromatic N) is 2. The SMILES string of the molecule is CC(C)(C)C(c1cnc2ccccc2n1)C(C)(C)C. The number of hydrogen-bond donors (Lipinski definition) is 0. The quantitative estimate of drug-likeness (QED) is 0.732. The zero-order valence-electron chi connectivity index (χ0n) is 12.9. The third-order valence-electron chi connectivity index (χ3n) is 3.50. The molecule has 0 fully saturated rings. The molecule has 2 rings (SSSR count). The maximum atomic E-state index is 4.85. The first-order chi connectivity index (χ1) is 8.69. The summed E-state index contributed by atoms with van der Waals surface area (Å²) in [5, 5.41) is 0. The van der Waals surface area contributed by atoms with Crippen molar-refractivity contribution in [3.63, 3.8) is 0 Å². The molecule has 0 aliphatic carbocycles. The van der Waals surface area contributed by atoms with Crippen LogP contribution in [-0.2, 0) is 0 Å². The van der Waals surface area contributed by atoms with Crippen LogP contribution in [0.25, 0.3) is 11.0 Å². The van der Waals surface area contributed by atoms with Gasteiger partial charge >= 0.3 is 0 Å². The van der Waals surface area contributed by atoms with Crippen LogP contribution in [-0.4, -0.2) is 9.97 Å². The summed E-state index contributed by atoms with van der Waals surface area (Å²) in [6, 6.07) is 8.06. The van der Waals surface area contributed by atoms with E-state index in [0.29, 0.717) is 5.92 Å². The van der Waals surface area contributed by atoms with Gasteiger partial charge in [-0.15, -0.1) is 0 Å². The fourth-order valence-corrected chi connectivity index (χ4v) is 3.30. The minimum atomic E-state index is 0.162. The predicted molar refractivity (Wildman–Crippen MR) is 81.2 cm³/mol. The van der Waals surface area contributed by atoms with Gasteiger partial charge in [0.05, 0.1) is 16.7 Å². The lowest BCUT2D eigenvalue weighted by atomic mass is 9.65. The Kier molecular flexibility index (Phi) is 3.38. The van der Waals surface area contributed by atoms with E-state index in [4.69, 9.17) is 4.98 Å². The Morgan fingerprint density at radius 3 is 1.89 bits per heavy atom. The summed E-state index contributed by atoms with van der Waals surface area (Å²) in [5.41, 5.74) is 3.37. The van der Waals surface area contributed by atoms with Gasteiger partial charge in [0.2, 0.25) is 0 Å². The molecule has 0 saturated carbocycles. The molecule has 0 bridgehead atoms. The van der Waals surface area contributed by atoms with Gasteiger partial charge in [-0.3, -0.25) is 4.98 Å². The van der Waals surface area contributed by atoms with Gasteiger partial charge in [-0.1, -0.05) is 53.7 Å². The highest BCUT2D eigenvalue weighted by Gasteiger charge is 2.37. The summed E-state index contributed by atoms with van der Waals surface area (Å²) in [5.74, 6) is 0.372. The lowest BCUT2D eigenvalue weighted by Gasteiger charge is -2.40. The summed E-state index contributed by atoms with van der Waals surface area (Å²) in [6.07, 6.45) is 1.95. The summed E-state index contributed by atoms with van der Waals surface area (Å²) in [7, 11) is 0. The van der Waals surface area contributed by atoms with E-state index in [2.05, 4.69) is 46.5 Å². The van der Waals surface area contributed by atoms with E-state index in [1.165, 1.54) is 0 Å². The van der Waals surface area contributed by atoms with E-state index in [1.54, 1.807) is 0 Å². The smallest absolute Gasteiger partial charge is 0.0890 e. The first-order valence-electron chi connectivity index (χ1n) is 6.91. The predicted octanol–water partition coefficient (Wildman–Crippen LogP) is 4.81.